The van der Waals surface area contributed by atoms with Crippen molar-refractivity contribution in [1.82, 2.24) is 0 Å². The van der Waals surface area contributed by atoms with Gasteiger partial charge in [0, 0.05) is 6.61 Å². The third kappa shape index (κ3) is 12.8. The van der Waals surface area contributed by atoms with Crippen LogP contribution in [0.2, 0.25) is 0 Å². The number of aliphatic hydroxyl groups is 16. The Balaban J connectivity index is 1.26. The summed E-state index contributed by atoms with van der Waals surface area (Å²) in [5, 5.41) is 178. The average molecular weight is 1140 g/mol. The molecule has 34 heteroatoms. The van der Waals surface area contributed by atoms with Crippen molar-refractivity contribution >= 4 is 10.1 Å². The molecule has 22 aliphatic heterocycles. The molecule has 17 N–H and O–H groups in total. The fourth-order valence-electron chi connectivity index (χ4n) is 10.1. The van der Waals surface area contributed by atoms with E-state index in [1.807, 2.05) is 0 Å². The Labute approximate surface area is 433 Å². The van der Waals surface area contributed by atoms with Crippen LogP contribution >= 0.6 is 0 Å². The van der Waals surface area contributed by atoms with E-state index in [9.17, 15) is 94.7 Å². The molecule has 22 heterocycles. The van der Waals surface area contributed by atoms with Gasteiger partial charge in [0.1, 0.15) is 146 Å². The molecule has 22 rings (SSSR count). The van der Waals surface area contributed by atoms with Crippen LogP contribution in [0.5, 0.6) is 0 Å². The molecule has 76 heavy (non-hydrogen) atoms. The van der Waals surface area contributed by atoms with Gasteiger partial charge in [0.25, 0.3) is 10.1 Å². The maximum Gasteiger partial charge on any atom is 0.292 e. The van der Waals surface area contributed by atoms with Crippen molar-refractivity contribution in [2.24, 2.45) is 0 Å². The second kappa shape index (κ2) is 26.7. The molecule has 0 aliphatic carbocycles. The summed E-state index contributed by atoms with van der Waals surface area (Å²) in [5.74, 6) is 0. The Morgan fingerprint density at radius 1 is 0.368 bits per heavy atom. The van der Waals surface area contributed by atoms with Gasteiger partial charge in [-0.3, -0.25) is 4.55 Å². The summed E-state index contributed by atoms with van der Waals surface area (Å²) in [4.78, 5) is 0. The Hall–Kier alpha value is -1.29. The number of ether oxygens (including phenoxy) is 14. The first-order chi connectivity index (χ1) is 36.1. The van der Waals surface area contributed by atoms with E-state index >= 15 is 0 Å². The average Bonchev–Trinajstić information content (AvgIpc) is 3.39. The summed E-state index contributed by atoms with van der Waals surface area (Å²) in [6.07, 6.45) is -59.5. The van der Waals surface area contributed by atoms with Crippen molar-refractivity contribution in [1.29, 1.82) is 0 Å². The van der Waals surface area contributed by atoms with Gasteiger partial charge in [-0.25, -0.2) is 0 Å². The van der Waals surface area contributed by atoms with E-state index in [2.05, 4.69) is 0 Å². The molecule has 22 saturated heterocycles. The lowest BCUT2D eigenvalue weighted by molar-refractivity contribution is -0.406. The number of aliphatic hydroxyl groups excluding tert-OH is 16. The standard InChI is InChI=1S/C42H72O33S/c1-3-5-18(76(59,60)61)69-36-28(58)42-68-17(11-48)34(36)75-40-26(56)22(52)31(14(8-45)66-40)72-38-24(54)20(50)29(12(6-43)64-38)70-37-23(53)19(49)30(13(7-44)63-37)71-39-25(55)21(51)32(15(9-46)65-39)73-41-27(57)35(62-4-2)33(74-42)16(10-47)67-41/h12-58H,3-11H2,1-2H3,(H,59,60,61)/t12-,13-,14-,15-,16-,17-,18?,19-,20-,21-,22-,23-,24-,25-,26-,27-,28-,29-,30-,31-,32-,33+,34+,35-,36-,37-,38-,39-,40-,41-,42-/m1/s1. The molecule has 22 aliphatic rings. The third-order valence-corrected chi connectivity index (χ3v) is 15.2. The predicted molar refractivity (Wildman–Crippen MR) is 234 cm³/mol. The summed E-state index contributed by atoms with van der Waals surface area (Å²) < 4.78 is 117. The number of hydrogen-bond donors (Lipinski definition) is 17. The van der Waals surface area contributed by atoms with Crippen LogP contribution in [-0.2, 0) is 76.4 Å². The van der Waals surface area contributed by atoms with Crippen LogP contribution in [0.25, 0.3) is 0 Å². The fraction of sp³-hybridized carbons (Fsp3) is 1.00. The molecule has 33 nitrogen and oxygen atoms in total. The monoisotopic (exact) mass is 1140 g/mol. The van der Waals surface area contributed by atoms with Crippen LogP contribution in [0.3, 0.4) is 0 Å². The molecule has 0 radical (unpaired) electrons. The van der Waals surface area contributed by atoms with Crippen LogP contribution in [0, 0.1) is 0 Å². The SMILES string of the molecule is CCCC(O[C@@H]1[C@@H](O)[C@H]2O[C@@H]3[C@H](OCC)[C@@H](O)[C@@H](O[C@H]4[C@H](O)[C@@H](O)[C@@H](O[C@H]5[C@H](O)[C@@H](O)[C@@H](O[C@H]6[C@H](O)[C@@H](O)[C@@H](O[C@H]7[C@H](O)[C@@H](O)[C@@H](O[C@H]1[C@@H](CO)O2)O[C@@H]7CO)O[C@@H]6CO)O[C@@H]5CO)O[C@@H]4CO)O[C@@H]3CO)S(=O)(=O)O. The van der Waals surface area contributed by atoms with Gasteiger partial charge in [0.2, 0.25) is 0 Å². The summed E-state index contributed by atoms with van der Waals surface area (Å²) in [6, 6.07) is 0. The van der Waals surface area contributed by atoms with Gasteiger partial charge in [0.15, 0.2) is 43.2 Å². The van der Waals surface area contributed by atoms with Crippen molar-refractivity contribution in [2.75, 3.05) is 46.2 Å². The minimum Gasteiger partial charge on any atom is -0.394 e. The highest BCUT2D eigenvalue weighted by atomic mass is 32.2. The Kier molecular flexibility index (Phi) is 21.9. The van der Waals surface area contributed by atoms with E-state index < -0.39 is 246 Å². The van der Waals surface area contributed by atoms with Gasteiger partial charge in [0.05, 0.1) is 39.6 Å². The highest BCUT2D eigenvalue weighted by molar-refractivity contribution is 7.86. The van der Waals surface area contributed by atoms with Crippen molar-refractivity contribution in [3.63, 3.8) is 0 Å². The molecule has 0 aromatic rings. The van der Waals surface area contributed by atoms with E-state index in [4.69, 9.17) is 66.3 Å². The van der Waals surface area contributed by atoms with Crippen LogP contribution in [0.15, 0.2) is 0 Å². The van der Waals surface area contributed by atoms with Crippen molar-refractivity contribution < 1.29 is 161 Å². The second-order valence-corrected chi connectivity index (χ2v) is 20.7. The Morgan fingerprint density at radius 3 is 0.882 bits per heavy atom. The molecule has 0 aromatic heterocycles. The lowest BCUT2D eigenvalue weighted by Crippen LogP contribution is -2.69. The molecular weight excluding hydrogens is 1060 g/mol. The lowest BCUT2D eigenvalue weighted by atomic mass is 9.94. The second-order valence-electron chi connectivity index (χ2n) is 19.1. The summed E-state index contributed by atoms with van der Waals surface area (Å²) in [6.45, 7) is -3.43. The maximum absolute atomic E-state index is 12.7. The first kappa shape index (κ1) is 62.3. The highest BCUT2D eigenvalue weighted by Gasteiger charge is 2.59. The molecule has 1 unspecified atom stereocenters. The molecular formula is C42H72O33S. The topological polar surface area (TPSA) is 507 Å². The van der Waals surface area contributed by atoms with Crippen molar-refractivity contribution in [3.05, 3.63) is 0 Å². The quantitative estimate of drug-likeness (QED) is 0.0762. The van der Waals surface area contributed by atoms with Gasteiger partial charge in [-0.2, -0.15) is 8.42 Å². The van der Waals surface area contributed by atoms with E-state index in [-0.39, 0.29) is 13.0 Å². The normalized spacial score (nSPS) is 50.3. The van der Waals surface area contributed by atoms with Gasteiger partial charge >= 0.3 is 0 Å². The summed E-state index contributed by atoms with van der Waals surface area (Å²) >= 11 is 0. The Bertz CT molecular complexity index is 1890. The summed E-state index contributed by atoms with van der Waals surface area (Å²) in [7, 11) is -5.13. The summed E-state index contributed by atoms with van der Waals surface area (Å²) in [5.41, 5.74) is -2.13. The van der Waals surface area contributed by atoms with Crippen molar-refractivity contribution in [3.8, 4) is 0 Å². The van der Waals surface area contributed by atoms with Gasteiger partial charge < -0.3 is 148 Å². The van der Waals surface area contributed by atoms with E-state index in [1.54, 1.807) is 0 Å². The van der Waals surface area contributed by atoms with Crippen molar-refractivity contribution in [2.45, 2.75) is 216 Å². The van der Waals surface area contributed by atoms with Gasteiger partial charge in [-0.05, 0) is 13.3 Å². The van der Waals surface area contributed by atoms with E-state index in [1.165, 1.54) is 13.8 Å². The minimum atomic E-state index is -5.13. The van der Waals surface area contributed by atoms with Gasteiger partial charge in [-0.15, -0.1) is 0 Å². The van der Waals surface area contributed by atoms with Crippen LogP contribution in [-0.4, -0.2) is 331 Å². The zero-order chi connectivity index (χ0) is 55.7. The Morgan fingerprint density at radius 2 is 0.618 bits per heavy atom. The van der Waals surface area contributed by atoms with Crippen LogP contribution in [0.4, 0.5) is 0 Å². The molecule has 22 fully saturated rings. The number of rotatable bonds is 13. The first-order valence-electron chi connectivity index (χ1n) is 24.7. The minimum absolute atomic E-state index is 0.0525. The first-order valence-corrected chi connectivity index (χ1v) is 26.2. The lowest BCUT2D eigenvalue weighted by Gasteiger charge is -2.51. The molecule has 0 aromatic carbocycles. The van der Waals surface area contributed by atoms with E-state index in [0.717, 1.165) is 0 Å². The van der Waals surface area contributed by atoms with E-state index in [0.29, 0.717) is 0 Å². The maximum atomic E-state index is 12.7. The zero-order valence-electron chi connectivity index (χ0n) is 40.8. The molecule has 0 spiro atoms. The smallest absolute Gasteiger partial charge is 0.292 e. The molecule has 444 valence electrons. The van der Waals surface area contributed by atoms with Crippen LogP contribution in [0.1, 0.15) is 26.7 Å². The molecule has 31 atom stereocenters. The molecule has 12 bridgehead atoms. The molecule has 0 saturated carbocycles. The molecule has 0 amide bonds. The fourth-order valence-corrected chi connectivity index (χ4v) is 10.9. The predicted octanol–water partition coefficient (Wildman–Crippen LogP) is -11.0. The van der Waals surface area contributed by atoms with Crippen LogP contribution < -0.4 is 0 Å². The van der Waals surface area contributed by atoms with Gasteiger partial charge in [-0.1, -0.05) is 13.3 Å². The zero-order valence-corrected chi connectivity index (χ0v) is 41.6. The largest absolute Gasteiger partial charge is 0.394 e. The third-order valence-electron chi connectivity index (χ3n) is 14.1. The highest BCUT2D eigenvalue weighted by Crippen LogP contribution is 2.39. The number of hydrogen-bond acceptors (Lipinski definition) is 32.